The maximum absolute atomic E-state index is 4.80. The molecule has 98 valence electrons. The third-order valence-electron chi connectivity index (χ3n) is 2.86. The first-order chi connectivity index (χ1) is 7.75. The van der Waals surface area contributed by atoms with Crippen molar-refractivity contribution < 1.29 is 0 Å². The van der Waals surface area contributed by atoms with Crippen LogP contribution >= 0.6 is 11.3 Å². The topological polar surface area (TPSA) is 24.9 Å². The van der Waals surface area contributed by atoms with Gasteiger partial charge in [0.05, 0.1) is 11.7 Å². The van der Waals surface area contributed by atoms with Crippen molar-refractivity contribution in [2.45, 2.75) is 67.0 Å². The molecule has 0 aliphatic heterocycles. The van der Waals surface area contributed by atoms with Gasteiger partial charge >= 0.3 is 0 Å². The maximum Gasteiger partial charge on any atom is 0.111 e. The van der Waals surface area contributed by atoms with Crippen molar-refractivity contribution in [3.05, 3.63) is 15.6 Å². The Bertz CT molecular complexity index is 361. The molecule has 0 amide bonds. The lowest BCUT2D eigenvalue weighted by molar-refractivity contribution is 0.257. The highest BCUT2D eigenvalue weighted by atomic mass is 32.1. The largest absolute Gasteiger partial charge is 0.305 e. The molecule has 1 rings (SSSR count). The molecule has 1 unspecified atom stereocenters. The Labute approximate surface area is 110 Å². The Kier molecular flexibility index (Phi) is 4.73. The van der Waals surface area contributed by atoms with E-state index < -0.39 is 0 Å². The van der Waals surface area contributed by atoms with Crippen molar-refractivity contribution >= 4 is 11.3 Å². The van der Waals surface area contributed by atoms with Crippen LogP contribution in [0.2, 0.25) is 0 Å². The van der Waals surface area contributed by atoms with Gasteiger partial charge in [-0.1, -0.05) is 41.5 Å². The van der Waals surface area contributed by atoms with Crippen molar-refractivity contribution in [2.24, 2.45) is 5.41 Å². The summed E-state index contributed by atoms with van der Waals surface area (Å²) >= 11 is 1.84. The van der Waals surface area contributed by atoms with Gasteiger partial charge in [0, 0.05) is 10.9 Å². The molecule has 1 atom stereocenters. The van der Waals surface area contributed by atoms with E-state index in [1.165, 1.54) is 15.6 Å². The summed E-state index contributed by atoms with van der Waals surface area (Å²) in [7, 11) is 0. The average molecular weight is 254 g/mol. The molecular formula is C14H26N2S. The zero-order chi connectivity index (χ0) is 13.2. The molecular weight excluding hydrogens is 228 g/mol. The summed E-state index contributed by atoms with van der Waals surface area (Å²) in [6.45, 7) is 15.6. The number of rotatable bonds is 4. The summed E-state index contributed by atoms with van der Waals surface area (Å²) in [6, 6.07) is 0.819. The van der Waals surface area contributed by atoms with Gasteiger partial charge in [-0.25, -0.2) is 4.98 Å². The molecule has 1 heterocycles. The smallest absolute Gasteiger partial charge is 0.111 e. The predicted octanol–water partition coefficient (Wildman–Crippen LogP) is 4.10. The lowest BCUT2D eigenvalue weighted by Crippen LogP contribution is -2.36. The molecule has 0 saturated carbocycles. The number of nitrogens with zero attached hydrogens (tertiary/aromatic N) is 1. The summed E-state index contributed by atoms with van der Waals surface area (Å²) in [5, 5.41) is 4.89. The minimum atomic E-state index is 0.194. The molecule has 2 nitrogen and oxygen atoms in total. The summed E-state index contributed by atoms with van der Waals surface area (Å²) in [6.07, 6.45) is 1.03. The number of aryl methyl sites for hydroxylation is 2. The first-order valence-electron chi connectivity index (χ1n) is 6.48. The molecule has 1 aromatic rings. The van der Waals surface area contributed by atoms with Crippen molar-refractivity contribution in [3.8, 4) is 0 Å². The van der Waals surface area contributed by atoms with E-state index in [0.717, 1.165) is 6.42 Å². The number of thiazole rings is 1. The fraction of sp³-hybridized carbons (Fsp3) is 0.786. The summed E-state index contributed by atoms with van der Waals surface area (Å²) in [4.78, 5) is 6.17. The minimum Gasteiger partial charge on any atom is -0.305 e. The van der Waals surface area contributed by atoms with Crippen molar-refractivity contribution in [2.75, 3.05) is 0 Å². The van der Waals surface area contributed by atoms with Crippen LogP contribution in [0.5, 0.6) is 0 Å². The highest BCUT2D eigenvalue weighted by Gasteiger charge is 2.29. The lowest BCUT2D eigenvalue weighted by atomic mass is 9.86. The first-order valence-corrected chi connectivity index (χ1v) is 7.29. The molecule has 0 aliphatic carbocycles. The van der Waals surface area contributed by atoms with Crippen LogP contribution in [0.15, 0.2) is 0 Å². The van der Waals surface area contributed by atoms with Crippen molar-refractivity contribution in [1.29, 1.82) is 0 Å². The van der Waals surface area contributed by atoms with Gasteiger partial charge in [0.1, 0.15) is 5.01 Å². The predicted molar refractivity (Wildman–Crippen MR) is 76.7 cm³/mol. The minimum absolute atomic E-state index is 0.194. The first kappa shape index (κ1) is 14.7. The molecule has 1 aromatic heterocycles. The van der Waals surface area contributed by atoms with E-state index in [1.807, 2.05) is 11.3 Å². The number of hydrogen-bond acceptors (Lipinski definition) is 3. The third-order valence-corrected chi connectivity index (χ3v) is 3.94. The average Bonchev–Trinajstić information content (AvgIpc) is 2.53. The third kappa shape index (κ3) is 3.78. The Morgan fingerprint density at radius 2 is 1.88 bits per heavy atom. The second kappa shape index (κ2) is 5.49. The zero-order valence-corrected chi connectivity index (χ0v) is 13.0. The fourth-order valence-corrected chi connectivity index (χ4v) is 3.24. The highest BCUT2D eigenvalue weighted by Crippen LogP contribution is 2.36. The number of nitrogens with one attached hydrogen (secondary N) is 1. The van der Waals surface area contributed by atoms with Gasteiger partial charge in [-0.15, -0.1) is 11.3 Å². The fourth-order valence-electron chi connectivity index (χ4n) is 1.93. The molecule has 1 N–H and O–H groups in total. The van der Waals surface area contributed by atoms with Gasteiger partial charge in [0.15, 0.2) is 0 Å². The Hall–Kier alpha value is -0.410. The van der Waals surface area contributed by atoms with Crippen LogP contribution < -0.4 is 5.32 Å². The van der Waals surface area contributed by atoms with Crippen LogP contribution in [0.3, 0.4) is 0 Å². The molecule has 0 saturated heterocycles. The van der Waals surface area contributed by atoms with Crippen LogP contribution in [0.4, 0.5) is 0 Å². The summed E-state index contributed by atoms with van der Waals surface area (Å²) in [5.74, 6) is 0. The van der Waals surface area contributed by atoms with Crippen molar-refractivity contribution in [3.63, 3.8) is 0 Å². The van der Waals surface area contributed by atoms with E-state index in [1.54, 1.807) is 0 Å². The van der Waals surface area contributed by atoms with Crippen LogP contribution in [-0.2, 0) is 6.42 Å². The van der Waals surface area contributed by atoms with E-state index in [0.29, 0.717) is 12.1 Å². The number of hydrogen-bond donors (Lipinski definition) is 1. The van der Waals surface area contributed by atoms with Gasteiger partial charge in [0.25, 0.3) is 0 Å². The van der Waals surface area contributed by atoms with E-state index in [-0.39, 0.29) is 5.41 Å². The summed E-state index contributed by atoms with van der Waals surface area (Å²) < 4.78 is 0. The molecule has 3 heteroatoms. The molecule has 0 fully saturated rings. The Morgan fingerprint density at radius 3 is 2.24 bits per heavy atom. The van der Waals surface area contributed by atoms with E-state index in [4.69, 9.17) is 4.98 Å². The maximum atomic E-state index is 4.80. The quantitative estimate of drug-likeness (QED) is 0.875. The van der Waals surface area contributed by atoms with Gasteiger partial charge < -0.3 is 5.32 Å². The van der Waals surface area contributed by atoms with E-state index >= 15 is 0 Å². The van der Waals surface area contributed by atoms with Crippen LogP contribution in [0.1, 0.15) is 63.2 Å². The molecule has 0 bridgehead atoms. The van der Waals surface area contributed by atoms with Crippen LogP contribution in [0, 0.1) is 12.3 Å². The van der Waals surface area contributed by atoms with Gasteiger partial charge in [-0.2, -0.15) is 0 Å². The second-order valence-electron chi connectivity index (χ2n) is 6.03. The Morgan fingerprint density at radius 1 is 1.29 bits per heavy atom. The standard InChI is InChI=1S/C14H26N2S/c1-8-11-10(4)17-13(16-11)12(14(5,6)7)15-9(2)3/h9,12,15H,8H2,1-7H3. The Balaban J connectivity index is 3.04. The van der Waals surface area contributed by atoms with E-state index in [2.05, 4.69) is 53.8 Å². The molecule has 17 heavy (non-hydrogen) atoms. The number of aromatic nitrogens is 1. The van der Waals surface area contributed by atoms with Gasteiger partial charge in [-0.3, -0.25) is 0 Å². The molecule has 0 spiro atoms. The summed E-state index contributed by atoms with van der Waals surface area (Å²) in [5.41, 5.74) is 1.45. The van der Waals surface area contributed by atoms with E-state index in [9.17, 15) is 0 Å². The zero-order valence-electron chi connectivity index (χ0n) is 12.2. The van der Waals surface area contributed by atoms with Crippen molar-refractivity contribution in [1.82, 2.24) is 10.3 Å². The molecule has 0 aliphatic rings. The molecule has 0 aromatic carbocycles. The molecule has 0 radical (unpaired) electrons. The van der Waals surface area contributed by atoms with Crippen LogP contribution in [0.25, 0.3) is 0 Å². The highest BCUT2D eigenvalue weighted by molar-refractivity contribution is 7.11. The normalized spacial score (nSPS) is 14.4. The van der Waals surface area contributed by atoms with Gasteiger partial charge in [0.2, 0.25) is 0 Å². The van der Waals surface area contributed by atoms with Crippen LogP contribution in [-0.4, -0.2) is 11.0 Å². The van der Waals surface area contributed by atoms with Gasteiger partial charge in [-0.05, 0) is 18.8 Å². The monoisotopic (exact) mass is 254 g/mol. The lowest BCUT2D eigenvalue weighted by Gasteiger charge is -2.31. The second-order valence-corrected chi connectivity index (χ2v) is 7.26. The SMILES string of the molecule is CCc1nc(C(NC(C)C)C(C)(C)C)sc1C.